The third kappa shape index (κ3) is 2.42. The Morgan fingerprint density at radius 1 is 1.25 bits per heavy atom. The molecule has 5 heteroatoms. The number of nitrogens with one attached hydrogen (secondary N) is 2. The highest BCUT2D eigenvalue weighted by Gasteiger charge is 2.31. The topological polar surface area (TPSA) is 61.4 Å². The summed E-state index contributed by atoms with van der Waals surface area (Å²) in [5, 5.41) is 15.3. The van der Waals surface area contributed by atoms with E-state index in [2.05, 4.69) is 26.6 Å². The van der Waals surface area contributed by atoms with E-state index in [1.54, 1.807) is 0 Å². The molecular formula is C11H13BrN2O2. The molecule has 0 aliphatic carbocycles. The summed E-state index contributed by atoms with van der Waals surface area (Å²) in [6, 6.07) is 6.99. The average Bonchev–Trinajstić information content (AvgIpc) is 2.30. The summed E-state index contributed by atoms with van der Waals surface area (Å²) < 4.78 is 0.992. The maximum atomic E-state index is 11.1. The normalized spacial score (nSPS) is 25.3. The third-order valence-corrected chi connectivity index (χ3v) is 3.21. The van der Waals surface area contributed by atoms with Crippen LogP contribution < -0.4 is 10.6 Å². The first-order valence-electron chi connectivity index (χ1n) is 5.13. The fourth-order valence-electron chi connectivity index (χ4n) is 1.90. The molecule has 0 bridgehead atoms. The van der Waals surface area contributed by atoms with Gasteiger partial charge in [0.1, 0.15) is 6.04 Å². The molecule has 1 saturated heterocycles. The van der Waals surface area contributed by atoms with Crippen LogP contribution in [-0.2, 0) is 4.79 Å². The van der Waals surface area contributed by atoms with Crippen LogP contribution >= 0.6 is 15.9 Å². The van der Waals surface area contributed by atoms with Gasteiger partial charge in [-0.05, 0) is 17.7 Å². The Labute approximate surface area is 102 Å². The second-order valence-corrected chi connectivity index (χ2v) is 4.67. The van der Waals surface area contributed by atoms with Gasteiger partial charge >= 0.3 is 5.97 Å². The van der Waals surface area contributed by atoms with E-state index in [0.29, 0.717) is 6.54 Å². The first-order chi connectivity index (χ1) is 7.68. The Kier molecular flexibility index (Phi) is 3.58. The minimum absolute atomic E-state index is 0.167. The van der Waals surface area contributed by atoms with Crippen molar-refractivity contribution < 1.29 is 9.90 Å². The monoisotopic (exact) mass is 284 g/mol. The molecule has 1 aliphatic heterocycles. The van der Waals surface area contributed by atoms with Gasteiger partial charge in [0, 0.05) is 17.6 Å². The fourth-order valence-corrected chi connectivity index (χ4v) is 2.17. The van der Waals surface area contributed by atoms with Crippen molar-refractivity contribution in [1.82, 2.24) is 10.6 Å². The molecule has 3 N–H and O–H groups in total. The van der Waals surface area contributed by atoms with Crippen molar-refractivity contribution in [3.63, 3.8) is 0 Å². The van der Waals surface area contributed by atoms with Crippen LogP contribution in [0.3, 0.4) is 0 Å². The van der Waals surface area contributed by atoms with Gasteiger partial charge in [-0.3, -0.25) is 4.79 Å². The molecule has 1 fully saturated rings. The van der Waals surface area contributed by atoms with Gasteiger partial charge in [-0.2, -0.15) is 0 Å². The summed E-state index contributed by atoms with van der Waals surface area (Å²) in [7, 11) is 0. The Hall–Kier alpha value is -0.910. The number of carboxylic acids is 1. The predicted octanol–water partition coefficient (Wildman–Crippen LogP) is 1.14. The summed E-state index contributed by atoms with van der Waals surface area (Å²) >= 11 is 3.36. The molecule has 2 rings (SSSR count). The van der Waals surface area contributed by atoms with Crippen molar-refractivity contribution in [2.45, 2.75) is 12.1 Å². The Morgan fingerprint density at radius 2 is 1.88 bits per heavy atom. The van der Waals surface area contributed by atoms with Crippen molar-refractivity contribution in [2.24, 2.45) is 0 Å². The van der Waals surface area contributed by atoms with E-state index in [0.717, 1.165) is 16.6 Å². The average molecular weight is 285 g/mol. The summed E-state index contributed by atoms with van der Waals surface area (Å²) in [5.41, 5.74) is 0.989. The predicted molar refractivity (Wildman–Crippen MR) is 64.3 cm³/mol. The minimum atomic E-state index is -0.819. The Bertz CT molecular complexity index is 380. The van der Waals surface area contributed by atoms with E-state index < -0.39 is 12.0 Å². The zero-order chi connectivity index (χ0) is 11.5. The second-order valence-electron chi connectivity index (χ2n) is 3.75. The summed E-state index contributed by atoms with van der Waals surface area (Å²) in [6.45, 7) is 1.47. The molecule has 16 heavy (non-hydrogen) atoms. The van der Waals surface area contributed by atoms with Crippen molar-refractivity contribution >= 4 is 21.9 Å². The van der Waals surface area contributed by atoms with Crippen LogP contribution in [0.4, 0.5) is 0 Å². The lowest BCUT2D eigenvalue weighted by Gasteiger charge is -2.31. The summed E-state index contributed by atoms with van der Waals surface area (Å²) in [6.07, 6.45) is 0. The van der Waals surface area contributed by atoms with E-state index in [9.17, 15) is 4.79 Å². The molecule has 1 aliphatic rings. The van der Waals surface area contributed by atoms with Crippen LogP contribution in [0.5, 0.6) is 0 Å². The molecule has 1 aromatic carbocycles. The van der Waals surface area contributed by atoms with Crippen LogP contribution in [0.2, 0.25) is 0 Å². The third-order valence-electron chi connectivity index (χ3n) is 2.68. The highest BCUT2D eigenvalue weighted by atomic mass is 79.9. The molecule has 2 atom stereocenters. The van der Waals surface area contributed by atoms with Crippen molar-refractivity contribution in [1.29, 1.82) is 0 Å². The van der Waals surface area contributed by atoms with E-state index in [-0.39, 0.29) is 6.04 Å². The van der Waals surface area contributed by atoms with Crippen LogP contribution in [0.1, 0.15) is 11.6 Å². The van der Waals surface area contributed by atoms with Gasteiger partial charge in [0.25, 0.3) is 0 Å². The number of hydrogen-bond donors (Lipinski definition) is 3. The molecule has 1 heterocycles. The van der Waals surface area contributed by atoms with Gasteiger partial charge < -0.3 is 15.7 Å². The molecule has 2 unspecified atom stereocenters. The lowest BCUT2D eigenvalue weighted by Crippen LogP contribution is -2.54. The maximum Gasteiger partial charge on any atom is 0.322 e. The number of rotatable bonds is 2. The Morgan fingerprint density at radius 3 is 2.50 bits per heavy atom. The molecule has 0 amide bonds. The van der Waals surface area contributed by atoms with Gasteiger partial charge in [0.2, 0.25) is 0 Å². The maximum absolute atomic E-state index is 11.1. The number of carboxylic acid groups (broad SMARTS) is 1. The van der Waals surface area contributed by atoms with Crippen LogP contribution in [0.15, 0.2) is 28.7 Å². The zero-order valence-electron chi connectivity index (χ0n) is 8.61. The number of benzene rings is 1. The van der Waals surface area contributed by atoms with E-state index >= 15 is 0 Å². The minimum Gasteiger partial charge on any atom is -0.480 e. The molecule has 0 saturated carbocycles. The van der Waals surface area contributed by atoms with Gasteiger partial charge in [0.15, 0.2) is 0 Å². The first kappa shape index (κ1) is 11.6. The van der Waals surface area contributed by atoms with Crippen molar-refractivity contribution in [3.8, 4) is 0 Å². The molecular weight excluding hydrogens is 272 g/mol. The largest absolute Gasteiger partial charge is 0.480 e. The molecule has 0 radical (unpaired) electrons. The van der Waals surface area contributed by atoms with Crippen molar-refractivity contribution in [2.75, 3.05) is 13.1 Å². The summed E-state index contributed by atoms with van der Waals surface area (Å²) in [5.74, 6) is -0.819. The SMILES string of the molecule is O=C(O)C1NCCNC1c1ccc(Br)cc1. The molecule has 0 spiro atoms. The molecule has 1 aromatic rings. The molecule has 86 valence electrons. The zero-order valence-corrected chi connectivity index (χ0v) is 10.2. The number of piperazine rings is 1. The number of aliphatic carboxylic acids is 1. The fraction of sp³-hybridized carbons (Fsp3) is 0.364. The smallest absolute Gasteiger partial charge is 0.322 e. The van der Waals surface area contributed by atoms with Gasteiger partial charge in [-0.1, -0.05) is 28.1 Å². The number of hydrogen-bond acceptors (Lipinski definition) is 3. The van der Waals surface area contributed by atoms with Crippen molar-refractivity contribution in [3.05, 3.63) is 34.3 Å². The number of carbonyl (C=O) groups is 1. The first-order valence-corrected chi connectivity index (χ1v) is 5.93. The van der Waals surface area contributed by atoms with Gasteiger partial charge in [-0.15, -0.1) is 0 Å². The standard InChI is InChI=1S/C11H13BrN2O2/c12-8-3-1-7(2-4-8)9-10(11(15)16)14-6-5-13-9/h1-4,9-10,13-14H,5-6H2,(H,15,16). The lowest BCUT2D eigenvalue weighted by molar-refractivity contribution is -0.140. The highest BCUT2D eigenvalue weighted by Crippen LogP contribution is 2.21. The second kappa shape index (κ2) is 4.95. The quantitative estimate of drug-likeness (QED) is 0.762. The number of halogens is 1. The lowest BCUT2D eigenvalue weighted by atomic mass is 9.97. The summed E-state index contributed by atoms with van der Waals surface area (Å²) in [4.78, 5) is 11.1. The molecule has 4 nitrogen and oxygen atoms in total. The van der Waals surface area contributed by atoms with Gasteiger partial charge in [0.05, 0.1) is 6.04 Å². The Balaban J connectivity index is 2.23. The van der Waals surface area contributed by atoms with Crippen LogP contribution in [0.25, 0.3) is 0 Å². The van der Waals surface area contributed by atoms with E-state index in [1.165, 1.54) is 0 Å². The van der Waals surface area contributed by atoms with Crippen LogP contribution in [0, 0.1) is 0 Å². The van der Waals surface area contributed by atoms with Crippen LogP contribution in [-0.4, -0.2) is 30.2 Å². The highest BCUT2D eigenvalue weighted by molar-refractivity contribution is 9.10. The molecule has 0 aromatic heterocycles. The van der Waals surface area contributed by atoms with E-state index in [4.69, 9.17) is 5.11 Å². The van der Waals surface area contributed by atoms with E-state index in [1.807, 2.05) is 24.3 Å². The van der Waals surface area contributed by atoms with Gasteiger partial charge in [-0.25, -0.2) is 0 Å².